The fourth-order valence-electron chi connectivity index (χ4n) is 4.66. The van der Waals surface area contributed by atoms with Crippen LogP contribution in [0.1, 0.15) is 44.7 Å². The highest BCUT2D eigenvalue weighted by Crippen LogP contribution is 2.33. The summed E-state index contributed by atoms with van der Waals surface area (Å²) in [4.78, 5) is 25.9. The summed E-state index contributed by atoms with van der Waals surface area (Å²) in [6.07, 6.45) is 8.79. The van der Waals surface area contributed by atoms with Crippen LogP contribution in [0, 0.1) is 0 Å². The number of aliphatic imine (C=N–C) groups is 1. The number of likely N-dealkylation sites (N-methyl/N-ethyl adjacent to an activating group) is 1. The predicted octanol–water partition coefficient (Wildman–Crippen LogP) is 1.67. The number of hydrogen-bond acceptors (Lipinski definition) is 5. The number of ether oxygens (including phenoxy) is 1. The molecule has 0 spiro atoms. The zero-order chi connectivity index (χ0) is 22.7. The van der Waals surface area contributed by atoms with Crippen molar-refractivity contribution >= 4 is 11.9 Å². The minimum absolute atomic E-state index is 0.0127. The number of rotatable bonds is 9. The summed E-state index contributed by atoms with van der Waals surface area (Å²) < 4.78 is 5.59. The highest BCUT2D eigenvalue weighted by molar-refractivity contribution is 5.84. The van der Waals surface area contributed by atoms with Crippen molar-refractivity contribution in [1.82, 2.24) is 25.4 Å². The number of morpholine rings is 1. The molecule has 8 heteroatoms. The van der Waals surface area contributed by atoms with Crippen LogP contribution >= 0.6 is 0 Å². The lowest BCUT2D eigenvalue weighted by Gasteiger charge is -2.48. The van der Waals surface area contributed by atoms with Crippen molar-refractivity contribution in [3.05, 3.63) is 30.1 Å². The van der Waals surface area contributed by atoms with Crippen molar-refractivity contribution in [3.63, 3.8) is 0 Å². The van der Waals surface area contributed by atoms with Crippen LogP contribution in [0.25, 0.3) is 0 Å². The van der Waals surface area contributed by atoms with Gasteiger partial charge in [0.1, 0.15) is 6.54 Å². The third-order valence-electron chi connectivity index (χ3n) is 6.62. The van der Waals surface area contributed by atoms with E-state index in [1.54, 1.807) is 11.1 Å². The predicted molar refractivity (Wildman–Crippen MR) is 128 cm³/mol. The minimum atomic E-state index is 0.0127. The van der Waals surface area contributed by atoms with E-state index in [2.05, 4.69) is 32.4 Å². The number of amides is 1. The van der Waals surface area contributed by atoms with Crippen molar-refractivity contribution in [3.8, 4) is 0 Å². The summed E-state index contributed by atoms with van der Waals surface area (Å²) >= 11 is 0. The summed E-state index contributed by atoms with van der Waals surface area (Å²) in [6, 6.07) is 5.86. The maximum atomic E-state index is 12.6. The van der Waals surface area contributed by atoms with Crippen LogP contribution in [0.4, 0.5) is 0 Å². The smallest absolute Gasteiger partial charge is 0.244 e. The second-order valence-corrected chi connectivity index (χ2v) is 8.82. The molecule has 32 heavy (non-hydrogen) atoms. The van der Waals surface area contributed by atoms with Gasteiger partial charge in [0, 0.05) is 63.6 Å². The van der Waals surface area contributed by atoms with Crippen LogP contribution in [0.2, 0.25) is 0 Å². The number of nitrogens with one attached hydrogen (secondary N) is 2. The van der Waals surface area contributed by atoms with Gasteiger partial charge in [-0.2, -0.15) is 0 Å². The highest BCUT2D eigenvalue weighted by Gasteiger charge is 2.38. The third-order valence-corrected chi connectivity index (χ3v) is 6.62. The fourth-order valence-corrected chi connectivity index (χ4v) is 4.66. The van der Waals surface area contributed by atoms with E-state index in [0.29, 0.717) is 6.54 Å². The molecular weight excluding hydrogens is 404 g/mol. The van der Waals surface area contributed by atoms with Crippen molar-refractivity contribution in [1.29, 1.82) is 0 Å². The quantitative estimate of drug-likeness (QED) is 0.445. The lowest BCUT2D eigenvalue weighted by molar-refractivity contribution is -0.128. The van der Waals surface area contributed by atoms with Gasteiger partial charge < -0.3 is 20.3 Å². The van der Waals surface area contributed by atoms with Crippen LogP contribution in [-0.2, 0) is 16.0 Å². The zero-order valence-electron chi connectivity index (χ0n) is 19.8. The monoisotopic (exact) mass is 444 g/mol. The van der Waals surface area contributed by atoms with Gasteiger partial charge in [-0.3, -0.25) is 14.7 Å². The summed E-state index contributed by atoms with van der Waals surface area (Å²) in [6.45, 7) is 8.06. The maximum Gasteiger partial charge on any atom is 0.244 e. The maximum absolute atomic E-state index is 12.6. The van der Waals surface area contributed by atoms with Gasteiger partial charge in [0.15, 0.2) is 5.96 Å². The molecule has 0 atom stereocenters. The molecule has 0 aromatic carbocycles. The van der Waals surface area contributed by atoms with E-state index in [9.17, 15) is 4.79 Å². The standard InChI is InChI=1S/C24H40N6O2/c1-3-25-23(27-19-22(31)29(2)14-10-21-9-5-8-13-26-21)28-20-24(11-6-4-7-12-24)30-15-17-32-18-16-30/h5,8-9,13H,3-4,6-7,10-12,14-20H2,1-2H3,(H2,25,27,28). The lowest BCUT2D eigenvalue weighted by atomic mass is 9.80. The number of guanidine groups is 1. The molecule has 2 N–H and O–H groups in total. The van der Waals surface area contributed by atoms with E-state index in [4.69, 9.17) is 4.74 Å². The molecule has 1 amide bonds. The number of nitrogens with zero attached hydrogens (tertiary/aromatic N) is 4. The van der Waals surface area contributed by atoms with E-state index in [1.807, 2.05) is 25.2 Å². The van der Waals surface area contributed by atoms with Gasteiger partial charge in [0.05, 0.1) is 13.2 Å². The Balaban J connectivity index is 1.54. The topological polar surface area (TPSA) is 82.1 Å². The molecule has 178 valence electrons. The first-order valence-electron chi connectivity index (χ1n) is 12.1. The molecule has 1 saturated carbocycles. The van der Waals surface area contributed by atoms with Crippen LogP contribution in [0.5, 0.6) is 0 Å². The molecule has 2 fully saturated rings. The first-order valence-corrected chi connectivity index (χ1v) is 12.1. The zero-order valence-corrected chi connectivity index (χ0v) is 19.8. The molecule has 1 aromatic heterocycles. The Kier molecular flexibility index (Phi) is 9.74. The molecule has 2 aliphatic rings. The fraction of sp³-hybridized carbons (Fsp3) is 0.708. The average Bonchev–Trinajstić information content (AvgIpc) is 2.85. The molecule has 1 saturated heterocycles. The van der Waals surface area contributed by atoms with Gasteiger partial charge in [0.25, 0.3) is 0 Å². The van der Waals surface area contributed by atoms with Gasteiger partial charge in [-0.25, -0.2) is 4.99 Å². The summed E-state index contributed by atoms with van der Waals surface area (Å²) in [5.74, 6) is 0.732. The Hall–Kier alpha value is -2.19. The summed E-state index contributed by atoms with van der Waals surface area (Å²) in [7, 11) is 1.83. The first kappa shape index (κ1) is 24.5. The number of carbonyl (C=O) groups is 1. The van der Waals surface area contributed by atoms with Crippen LogP contribution in [0.3, 0.4) is 0 Å². The van der Waals surface area contributed by atoms with Gasteiger partial charge in [-0.1, -0.05) is 25.3 Å². The molecule has 1 aliphatic carbocycles. The van der Waals surface area contributed by atoms with Crippen molar-refractivity contribution < 1.29 is 9.53 Å². The van der Waals surface area contributed by atoms with Crippen LogP contribution < -0.4 is 10.6 Å². The van der Waals surface area contributed by atoms with Gasteiger partial charge in [-0.15, -0.1) is 0 Å². The van der Waals surface area contributed by atoms with Gasteiger partial charge in [-0.05, 0) is 31.9 Å². The largest absolute Gasteiger partial charge is 0.379 e. The number of hydrogen-bond donors (Lipinski definition) is 2. The molecule has 2 heterocycles. The van der Waals surface area contributed by atoms with Crippen LogP contribution in [-0.4, -0.2) is 91.7 Å². The molecule has 1 aliphatic heterocycles. The summed E-state index contributed by atoms with van der Waals surface area (Å²) in [5, 5.41) is 6.87. The third kappa shape index (κ3) is 7.17. The normalized spacial score (nSPS) is 19.4. The molecule has 0 unspecified atom stereocenters. The Bertz CT molecular complexity index is 714. The average molecular weight is 445 g/mol. The van der Waals surface area contributed by atoms with Gasteiger partial charge in [0.2, 0.25) is 5.91 Å². The Morgan fingerprint density at radius 2 is 2.00 bits per heavy atom. The highest BCUT2D eigenvalue weighted by atomic mass is 16.5. The Labute approximate surface area is 192 Å². The van der Waals surface area contributed by atoms with E-state index < -0.39 is 0 Å². The molecule has 8 nitrogen and oxygen atoms in total. The van der Waals surface area contributed by atoms with E-state index in [0.717, 1.165) is 57.5 Å². The Morgan fingerprint density at radius 3 is 2.69 bits per heavy atom. The molecular formula is C24H40N6O2. The van der Waals surface area contributed by atoms with Crippen molar-refractivity contribution in [2.75, 3.05) is 59.5 Å². The second-order valence-electron chi connectivity index (χ2n) is 8.82. The minimum Gasteiger partial charge on any atom is -0.379 e. The molecule has 3 rings (SSSR count). The van der Waals surface area contributed by atoms with E-state index in [1.165, 1.54) is 32.1 Å². The van der Waals surface area contributed by atoms with E-state index >= 15 is 0 Å². The van der Waals surface area contributed by atoms with Crippen molar-refractivity contribution in [2.45, 2.75) is 51.0 Å². The molecule has 0 bridgehead atoms. The van der Waals surface area contributed by atoms with E-state index in [-0.39, 0.29) is 18.0 Å². The Morgan fingerprint density at radius 1 is 1.22 bits per heavy atom. The summed E-state index contributed by atoms with van der Waals surface area (Å²) in [5.41, 5.74) is 1.15. The first-order chi connectivity index (χ1) is 15.6. The van der Waals surface area contributed by atoms with Crippen molar-refractivity contribution in [2.24, 2.45) is 4.99 Å². The number of aromatic nitrogens is 1. The number of carbonyl (C=O) groups excluding carboxylic acids is 1. The number of pyridine rings is 1. The second kappa shape index (κ2) is 12.7. The molecule has 0 radical (unpaired) electrons. The lowest BCUT2D eigenvalue weighted by Crippen LogP contribution is -2.60. The molecule has 1 aromatic rings. The van der Waals surface area contributed by atoms with Gasteiger partial charge >= 0.3 is 0 Å². The SMILES string of the molecule is CCNC(=NCC(=O)N(C)CCc1ccccn1)NCC1(N2CCOCC2)CCCCC1. The van der Waals surface area contributed by atoms with Crippen LogP contribution in [0.15, 0.2) is 29.4 Å².